The number of amides is 1. The number of fused-ring (bicyclic) bond motifs is 1. The summed E-state index contributed by atoms with van der Waals surface area (Å²) in [7, 11) is 1.76. The maximum Gasteiger partial charge on any atom is 0.233 e. The van der Waals surface area contributed by atoms with Gasteiger partial charge >= 0.3 is 0 Å². The van der Waals surface area contributed by atoms with Gasteiger partial charge in [-0.05, 0) is 33.0 Å². The normalized spacial score (nSPS) is 10.7. The molecule has 0 saturated carbocycles. The summed E-state index contributed by atoms with van der Waals surface area (Å²) in [5.41, 5.74) is 2.16. The van der Waals surface area contributed by atoms with E-state index in [2.05, 4.69) is 40.1 Å². The van der Waals surface area contributed by atoms with Gasteiger partial charge in [0.15, 0.2) is 0 Å². The minimum atomic E-state index is 0. The van der Waals surface area contributed by atoms with Gasteiger partial charge in [-0.3, -0.25) is 4.79 Å². The molecule has 0 bridgehead atoms. The molecule has 6 heteroatoms. The summed E-state index contributed by atoms with van der Waals surface area (Å²) >= 11 is 0. The maximum atomic E-state index is 11.4. The number of hydrogen-bond donors (Lipinski definition) is 2. The average Bonchev–Trinajstić information content (AvgIpc) is 2.77. The smallest absolute Gasteiger partial charge is 0.233 e. The predicted octanol–water partition coefficient (Wildman–Crippen LogP) is 1.92. The van der Waals surface area contributed by atoms with Crippen LogP contribution in [-0.4, -0.2) is 35.6 Å². The van der Waals surface area contributed by atoms with Crippen molar-refractivity contribution >= 4 is 29.3 Å². The Morgan fingerprint density at radius 1 is 1.33 bits per heavy atom. The van der Waals surface area contributed by atoms with Gasteiger partial charge in [0.2, 0.25) is 5.91 Å². The molecule has 0 aliphatic rings. The van der Waals surface area contributed by atoms with Crippen LogP contribution in [0.2, 0.25) is 0 Å². The highest BCUT2D eigenvalue weighted by Crippen LogP contribution is 2.20. The zero-order valence-corrected chi connectivity index (χ0v) is 13.5. The molecule has 0 radical (unpaired) electrons. The van der Waals surface area contributed by atoms with Gasteiger partial charge in [0.1, 0.15) is 5.82 Å². The summed E-state index contributed by atoms with van der Waals surface area (Å²) in [5, 5.41) is 5.72. The number of para-hydroxylation sites is 2. The van der Waals surface area contributed by atoms with Crippen LogP contribution in [-0.2, 0) is 11.2 Å². The summed E-state index contributed by atoms with van der Waals surface area (Å²) in [6.07, 6.45) is 0.738. The number of carbonyl (C=O) groups excluding carboxylic acids is 1. The van der Waals surface area contributed by atoms with Crippen LogP contribution in [0.5, 0.6) is 0 Å². The first kappa shape index (κ1) is 17.5. The quantitative estimate of drug-likeness (QED) is 0.857. The van der Waals surface area contributed by atoms with Crippen LogP contribution in [0.15, 0.2) is 24.3 Å². The summed E-state index contributed by atoms with van der Waals surface area (Å²) in [4.78, 5) is 16.1. The lowest BCUT2D eigenvalue weighted by atomic mass is 10.3. The van der Waals surface area contributed by atoms with Crippen molar-refractivity contribution in [3.8, 4) is 0 Å². The topological polar surface area (TPSA) is 59.0 Å². The molecular weight excluding hydrogens is 288 g/mol. The summed E-state index contributed by atoms with van der Waals surface area (Å²) in [5.74, 6) is 1.03. The molecule has 0 unspecified atom stereocenters. The summed E-state index contributed by atoms with van der Waals surface area (Å²) < 4.78 is 2.24. The van der Waals surface area contributed by atoms with Gasteiger partial charge in [0, 0.05) is 19.0 Å². The second-order valence-electron chi connectivity index (χ2n) is 5.11. The van der Waals surface area contributed by atoms with Gasteiger partial charge in [-0.25, -0.2) is 4.98 Å². The van der Waals surface area contributed by atoms with Gasteiger partial charge < -0.3 is 15.2 Å². The zero-order chi connectivity index (χ0) is 14.5. The standard InChI is InChI=1S/C15H22N4O.ClH/c1-11(2)19-13-7-5-4-6-12(13)18-14(19)8-9-17-15(20)10-16-3;/h4-7,11,16H,8-10H2,1-3H3,(H,17,20);1H. The lowest BCUT2D eigenvalue weighted by Gasteiger charge is -2.13. The monoisotopic (exact) mass is 310 g/mol. The molecule has 1 heterocycles. The van der Waals surface area contributed by atoms with E-state index in [-0.39, 0.29) is 18.3 Å². The van der Waals surface area contributed by atoms with Crippen molar-refractivity contribution in [2.24, 2.45) is 0 Å². The molecule has 0 aliphatic heterocycles. The number of nitrogens with one attached hydrogen (secondary N) is 2. The Balaban J connectivity index is 0.00000220. The van der Waals surface area contributed by atoms with E-state index in [9.17, 15) is 4.79 Å². The van der Waals surface area contributed by atoms with Crippen LogP contribution in [0.1, 0.15) is 25.7 Å². The number of likely N-dealkylation sites (N-methyl/N-ethyl adjacent to an activating group) is 1. The van der Waals surface area contributed by atoms with Crippen molar-refractivity contribution in [3.05, 3.63) is 30.1 Å². The highest BCUT2D eigenvalue weighted by atomic mass is 35.5. The van der Waals surface area contributed by atoms with Crippen molar-refractivity contribution in [2.45, 2.75) is 26.3 Å². The number of halogens is 1. The molecule has 0 spiro atoms. The van der Waals surface area contributed by atoms with E-state index in [4.69, 9.17) is 0 Å². The van der Waals surface area contributed by atoms with Crippen molar-refractivity contribution in [3.63, 3.8) is 0 Å². The van der Waals surface area contributed by atoms with E-state index in [0.29, 0.717) is 19.1 Å². The number of imidazole rings is 1. The number of rotatable bonds is 6. The fraction of sp³-hybridized carbons (Fsp3) is 0.467. The summed E-state index contributed by atoms with van der Waals surface area (Å²) in [6.45, 7) is 5.26. The number of nitrogens with zero attached hydrogens (tertiary/aromatic N) is 2. The van der Waals surface area contributed by atoms with Crippen molar-refractivity contribution < 1.29 is 4.79 Å². The minimum Gasteiger partial charge on any atom is -0.355 e. The predicted molar refractivity (Wildman–Crippen MR) is 88.0 cm³/mol. The third-order valence-corrected chi connectivity index (χ3v) is 3.19. The SMILES string of the molecule is CNCC(=O)NCCc1nc2ccccc2n1C(C)C.Cl. The lowest BCUT2D eigenvalue weighted by Crippen LogP contribution is -2.33. The maximum absolute atomic E-state index is 11.4. The molecule has 116 valence electrons. The fourth-order valence-corrected chi connectivity index (χ4v) is 2.38. The Morgan fingerprint density at radius 3 is 2.71 bits per heavy atom. The van der Waals surface area contributed by atoms with Crippen LogP contribution in [0.4, 0.5) is 0 Å². The van der Waals surface area contributed by atoms with E-state index >= 15 is 0 Å². The van der Waals surface area contributed by atoms with Gasteiger partial charge in [0.25, 0.3) is 0 Å². The highest BCUT2D eigenvalue weighted by Gasteiger charge is 2.12. The fourth-order valence-electron chi connectivity index (χ4n) is 2.38. The van der Waals surface area contributed by atoms with Gasteiger partial charge in [-0.15, -0.1) is 12.4 Å². The van der Waals surface area contributed by atoms with E-state index in [1.165, 1.54) is 0 Å². The molecule has 1 aromatic heterocycles. The Bertz CT molecular complexity index is 594. The Morgan fingerprint density at radius 2 is 2.05 bits per heavy atom. The van der Waals surface area contributed by atoms with Crippen LogP contribution >= 0.6 is 12.4 Å². The van der Waals surface area contributed by atoms with Crippen LogP contribution in [0.3, 0.4) is 0 Å². The molecule has 0 aliphatic carbocycles. The Labute approximate surface area is 131 Å². The highest BCUT2D eigenvalue weighted by molar-refractivity contribution is 5.85. The van der Waals surface area contributed by atoms with Gasteiger partial charge in [-0.1, -0.05) is 12.1 Å². The van der Waals surface area contributed by atoms with Gasteiger partial charge in [0.05, 0.1) is 17.6 Å². The Kier molecular flexibility index (Phi) is 6.65. The van der Waals surface area contributed by atoms with Crippen molar-refractivity contribution in [1.29, 1.82) is 0 Å². The third kappa shape index (κ3) is 4.19. The van der Waals surface area contributed by atoms with E-state index in [1.807, 2.05) is 18.2 Å². The first-order valence-electron chi connectivity index (χ1n) is 7.00. The molecule has 0 saturated heterocycles. The molecule has 21 heavy (non-hydrogen) atoms. The molecule has 0 fully saturated rings. The molecule has 0 atom stereocenters. The Hall–Kier alpha value is -1.59. The molecule has 2 rings (SSSR count). The second-order valence-corrected chi connectivity index (χ2v) is 5.11. The molecule has 1 aromatic carbocycles. The van der Waals surface area contributed by atoms with E-state index < -0.39 is 0 Å². The van der Waals surface area contributed by atoms with Crippen LogP contribution in [0, 0.1) is 0 Å². The third-order valence-electron chi connectivity index (χ3n) is 3.19. The number of hydrogen-bond acceptors (Lipinski definition) is 3. The van der Waals surface area contributed by atoms with Crippen molar-refractivity contribution in [2.75, 3.05) is 20.1 Å². The minimum absolute atomic E-state index is 0. The van der Waals surface area contributed by atoms with Crippen LogP contribution < -0.4 is 10.6 Å². The largest absolute Gasteiger partial charge is 0.355 e. The van der Waals surface area contributed by atoms with Crippen molar-refractivity contribution in [1.82, 2.24) is 20.2 Å². The van der Waals surface area contributed by atoms with Crippen LogP contribution in [0.25, 0.3) is 11.0 Å². The summed E-state index contributed by atoms with van der Waals surface area (Å²) in [6, 6.07) is 8.49. The average molecular weight is 311 g/mol. The number of aromatic nitrogens is 2. The lowest BCUT2D eigenvalue weighted by molar-refractivity contribution is -0.120. The number of benzene rings is 1. The molecule has 5 nitrogen and oxygen atoms in total. The molecule has 2 aromatic rings. The zero-order valence-electron chi connectivity index (χ0n) is 12.7. The van der Waals surface area contributed by atoms with E-state index in [0.717, 1.165) is 23.3 Å². The number of carbonyl (C=O) groups is 1. The molecule has 1 amide bonds. The molecule has 2 N–H and O–H groups in total. The second kappa shape index (κ2) is 8.00. The van der Waals surface area contributed by atoms with E-state index in [1.54, 1.807) is 7.05 Å². The first-order valence-corrected chi connectivity index (χ1v) is 7.00. The molecular formula is C15H23ClN4O. The first-order chi connectivity index (χ1) is 9.63. The van der Waals surface area contributed by atoms with Gasteiger partial charge in [-0.2, -0.15) is 0 Å².